The van der Waals surface area contributed by atoms with E-state index in [9.17, 15) is 9.59 Å². The quantitative estimate of drug-likeness (QED) is 0.381. The Morgan fingerprint density at radius 2 is 1.72 bits per heavy atom. The number of benzene rings is 3. The second-order valence-electron chi connectivity index (χ2n) is 7.38. The number of ether oxygens (including phenoxy) is 1. The fraction of sp³-hybridized carbons (Fsp3) is 0.154. The second kappa shape index (κ2) is 9.28. The smallest absolute Gasteiger partial charge is 0.265 e. The Morgan fingerprint density at radius 3 is 2.47 bits per heavy atom. The molecule has 4 aromatic rings. The number of carbonyl (C=O) groups is 1. The predicted molar refractivity (Wildman–Crippen MR) is 127 cm³/mol. The molecule has 162 valence electrons. The van der Waals surface area contributed by atoms with Gasteiger partial charge in [0.25, 0.3) is 5.91 Å². The van der Waals surface area contributed by atoms with Crippen molar-refractivity contribution in [2.75, 3.05) is 5.32 Å². The largest absolute Gasteiger partial charge is 0.473 e. The Hall–Kier alpha value is -3.57. The summed E-state index contributed by atoms with van der Waals surface area (Å²) in [5, 5.41) is 3.66. The number of anilines is 1. The molecule has 0 aliphatic carbocycles. The van der Waals surface area contributed by atoms with E-state index in [0.29, 0.717) is 33.7 Å². The summed E-state index contributed by atoms with van der Waals surface area (Å²) in [7, 11) is 0. The molecule has 32 heavy (non-hydrogen) atoms. The van der Waals surface area contributed by atoms with E-state index in [2.05, 4.69) is 5.32 Å². The Morgan fingerprint density at radius 1 is 1.03 bits per heavy atom. The molecule has 1 atom stereocenters. The number of hydrogen-bond donors (Lipinski definition) is 1. The monoisotopic (exact) mass is 447 g/mol. The highest BCUT2D eigenvalue weighted by Crippen LogP contribution is 2.35. The first-order chi connectivity index (χ1) is 15.5. The highest BCUT2D eigenvalue weighted by Gasteiger charge is 2.26. The van der Waals surface area contributed by atoms with Crippen molar-refractivity contribution in [2.24, 2.45) is 0 Å². The van der Waals surface area contributed by atoms with Crippen molar-refractivity contribution in [2.45, 2.75) is 26.4 Å². The summed E-state index contributed by atoms with van der Waals surface area (Å²) in [5.41, 5.74) is 2.19. The molecule has 6 heteroatoms. The molecule has 1 unspecified atom stereocenters. The van der Waals surface area contributed by atoms with E-state index in [1.807, 2.05) is 38.1 Å². The summed E-state index contributed by atoms with van der Waals surface area (Å²) >= 11 is 6.40. The number of halogens is 1. The van der Waals surface area contributed by atoms with Crippen molar-refractivity contribution in [1.82, 2.24) is 0 Å². The SMILES string of the molecule is CCC(Oc1c(-c2ccccc2Cl)oc2ccccc2c1=O)C(=O)Nc1ccccc1C. The van der Waals surface area contributed by atoms with Crippen LogP contribution in [0, 0.1) is 6.92 Å². The number of aryl methyl sites for hydroxylation is 1. The summed E-state index contributed by atoms with van der Waals surface area (Å²) in [4.78, 5) is 26.4. The van der Waals surface area contributed by atoms with Gasteiger partial charge >= 0.3 is 0 Å². The van der Waals surface area contributed by atoms with Crippen molar-refractivity contribution in [3.8, 4) is 17.1 Å². The molecule has 5 nitrogen and oxygen atoms in total. The number of fused-ring (bicyclic) bond motifs is 1. The minimum Gasteiger partial charge on any atom is -0.473 e. The number of rotatable bonds is 6. The minimum atomic E-state index is -0.903. The molecule has 1 heterocycles. The standard InChI is InChI=1S/C26H22ClNO4/c1-3-21(26(30)28-20-14-8-4-10-16(20)2)31-25-23(29)18-12-6-9-15-22(18)32-24(25)17-11-5-7-13-19(17)27/h4-15,21H,3H2,1-2H3,(H,28,30). The average Bonchev–Trinajstić information content (AvgIpc) is 2.80. The molecule has 0 radical (unpaired) electrons. The first-order valence-electron chi connectivity index (χ1n) is 10.3. The van der Waals surface area contributed by atoms with Crippen LogP contribution in [-0.4, -0.2) is 12.0 Å². The van der Waals surface area contributed by atoms with Gasteiger partial charge in [-0.15, -0.1) is 0 Å². The maximum atomic E-state index is 13.4. The number of nitrogens with one attached hydrogen (secondary N) is 1. The van der Waals surface area contributed by atoms with Gasteiger partial charge in [0.1, 0.15) is 5.58 Å². The lowest BCUT2D eigenvalue weighted by atomic mass is 10.1. The van der Waals surface area contributed by atoms with Crippen molar-refractivity contribution in [3.63, 3.8) is 0 Å². The molecule has 0 spiro atoms. The summed E-state index contributed by atoms with van der Waals surface area (Å²) < 4.78 is 12.1. The van der Waals surface area contributed by atoms with Gasteiger partial charge in [0.2, 0.25) is 11.2 Å². The van der Waals surface area contributed by atoms with Crippen LogP contribution < -0.4 is 15.5 Å². The number of amides is 1. The first-order valence-corrected chi connectivity index (χ1v) is 10.7. The Labute approximate surface area is 190 Å². The molecular formula is C26H22ClNO4. The predicted octanol–water partition coefficient (Wildman–Crippen LogP) is 6.22. The van der Waals surface area contributed by atoms with Gasteiger partial charge < -0.3 is 14.5 Å². The average molecular weight is 448 g/mol. The molecule has 1 amide bonds. The van der Waals surface area contributed by atoms with Gasteiger partial charge in [-0.1, -0.05) is 61.0 Å². The van der Waals surface area contributed by atoms with Crippen LogP contribution in [0.2, 0.25) is 5.02 Å². The highest BCUT2D eigenvalue weighted by molar-refractivity contribution is 6.33. The van der Waals surface area contributed by atoms with Gasteiger partial charge in [0.15, 0.2) is 11.9 Å². The van der Waals surface area contributed by atoms with Crippen LogP contribution in [-0.2, 0) is 4.79 Å². The maximum Gasteiger partial charge on any atom is 0.265 e. The summed E-state index contributed by atoms with van der Waals surface area (Å²) in [6.45, 7) is 3.73. The van der Waals surface area contributed by atoms with Crippen LogP contribution in [0.1, 0.15) is 18.9 Å². The maximum absolute atomic E-state index is 13.4. The third-order valence-corrected chi connectivity index (χ3v) is 5.53. The molecule has 0 bridgehead atoms. The molecule has 0 aliphatic heterocycles. The summed E-state index contributed by atoms with van der Waals surface area (Å²) in [5.74, 6) is -0.190. The Bertz CT molecular complexity index is 1350. The first kappa shape index (κ1) is 21.7. The van der Waals surface area contributed by atoms with Crippen molar-refractivity contribution in [3.05, 3.63) is 93.6 Å². The van der Waals surface area contributed by atoms with Crippen LogP contribution in [0.4, 0.5) is 5.69 Å². The lowest BCUT2D eigenvalue weighted by Crippen LogP contribution is -2.34. The summed E-state index contributed by atoms with van der Waals surface area (Å²) in [6.07, 6.45) is -0.550. The molecule has 0 saturated heterocycles. The molecule has 0 saturated carbocycles. The number of carbonyl (C=O) groups excluding carboxylic acids is 1. The van der Waals surface area contributed by atoms with E-state index in [4.69, 9.17) is 20.8 Å². The van der Waals surface area contributed by atoms with Gasteiger partial charge in [0.05, 0.1) is 10.4 Å². The molecule has 0 fully saturated rings. The van der Waals surface area contributed by atoms with Crippen LogP contribution in [0.5, 0.6) is 5.75 Å². The minimum absolute atomic E-state index is 0.0383. The van der Waals surface area contributed by atoms with E-state index < -0.39 is 6.10 Å². The van der Waals surface area contributed by atoms with Crippen LogP contribution in [0.25, 0.3) is 22.3 Å². The fourth-order valence-corrected chi connectivity index (χ4v) is 3.67. The number of para-hydroxylation sites is 2. The fourth-order valence-electron chi connectivity index (χ4n) is 3.45. The van der Waals surface area contributed by atoms with Gasteiger partial charge in [-0.05, 0) is 49.2 Å². The molecule has 1 N–H and O–H groups in total. The van der Waals surface area contributed by atoms with E-state index in [0.717, 1.165) is 5.56 Å². The Balaban J connectivity index is 1.78. The van der Waals surface area contributed by atoms with E-state index in [1.54, 1.807) is 48.5 Å². The van der Waals surface area contributed by atoms with E-state index >= 15 is 0 Å². The van der Waals surface area contributed by atoms with E-state index in [-0.39, 0.29) is 22.8 Å². The molecule has 3 aromatic carbocycles. The zero-order valence-electron chi connectivity index (χ0n) is 17.7. The van der Waals surface area contributed by atoms with Gasteiger partial charge in [-0.2, -0.15) is 0 Å². The Kier molecular flexibility index (Phi) is 6.28. The lowest BCUT2D eigenvalue weighted by molar-refractivity contribution is -0.122. The molecule has 4 rings (SSSR count). The topological polar surface area (TPSA) is 68.5 Å². The lowest BCUT2D eigenvalue weighted by Gasteiger charge is -2.19. The van der Waals surface area contributed by atoms with Gasteiger partial charge in [-0.25, -0.2) is 0 Å². The number of hydrogen-bond acceptors (Lipinski definition) is 4. The third-order valence-electron chi connectivity index (χ3n) is 5.20. The van der Waals surface area contributed by atoms with Crippen molar-refractivity contribution < 1.29 is 13.9 Å². The second-order valence-corrected chi connectivity index (χ2v) is 7.79. The zero-order valence-corrected chi connectivity index (χ0v) is 18.5. The van der Waals surface area contributed by atoms with Crippen LogP contribution in [0.3, 0.4) is 0 Å². The molecule has 0 aliphatic rings. The molecule has 1 aromatic heterocycles. The zero-order chi connectivity index (χ0) is 22.7. The van der Waals surface area contributed by atoms with Crippen molar-refractivity contribution >= 4 is 34.2 Å². The summed E-state index contributed by atoms with van der Waals surface area (Å²) in [6, 6.07) is 21.4. The van der Waals surface area contributed by atoms with E-state index in [1.165, 1.54) is 0 Å². The third kappa shape index (κ3) is 4.25. The normalized spacial score (nSPS) is 11.8. The molecular weight excluding hydrogens is 426 g/mol. The van der Waals surface area contributed by atoms with Gasteiger partial charge in [-0.3, -0.25) is 9.59 Å². The van der Waals surface area contributed by atoms with Gasteiger partial charge in [0, 0.05) is 11.3 Å². The van der Waals surface area contributed by atoms with Crippen LogP contribution >= 0.6 is 11.6 Å². The van der Waals surface area contributed by atoms with Crippen LogP contribution in [0.15, 0.2) is 82.0 Å². The van der Waals surface area contributed by atoms with Crippen molar-refractivity contribution in [1.29, 1.82) is 0 Å². The highest BCUT2D eigenvalue weighted by atomic mass is 35.5.